The lowest BCUT2D eigenvalue weighted by atomic mass is 10.0. The van der Waals surface area contributed by atoms with E-state index in [-0.39, 0.29) is 17.7 Å². The lowest BCUT2D eigenvalue weighted by Gasteiger charge is -2.20. The Labute approximate surface area is 120 Å². The van der Waals surface area contributed by atoms with Gasteiger partial charge in [0.15, 0.2) is 0 Å². The van der Waals surface area contributed by atoms with Gasteiger partial charge < -0.3 is 15.2 Å². The van der Waals surface area contributed by atoms with Gasteiger partial charge in [0.2, 0.25) is 5.91 Å². The number of hydrogen-bond donors (Lipinski definition) is 2. The van der Waals surface area contributed by atoms with Crippen LogP contribution in [0.1, 0.15) is 31.2 Å². The number of phenolic OH excluding ortho intramolecular Hbond substituents is 1. The topological polar surface area (TPSA) is 58.6 Å². The van der Waals surface area contributed by atoms with E-state index in [2.05, 4.69) is 5.32 Å². The third-order valence-corrected chi connectivity index (χ3v) is 3.96. The fourth-order valence-corrected chi connectivity index (χ4v) is 2.84. The number of methoxy groups -OCH3 is 1. The summed E-state index contributed by atoms with van der Waals surface area (Å²) in [5.74, 6) is 0.815. The van der Waals surface area contributed by atoms with Crippen LogP contribution in [0.15, 0.2) is 24.3 Å². The van der Waals surface area contributed by atoms with Gasteiger partial charge in [-0.3, -0.25) is 4.79 Å². The van der Waals surface area contributed by atoms with Crippen LogP contribution in [-0.4, -0.2) is 30.8 Å². The third kappa shape index (κ3) is 4.23. The second kappa shape index (κ2) is 7.29. The monoisotopic (exact) mass is 277 g/mol. The van der Waals surface area contributed by atoms with E-state index in [0.717, 1.165) is 31.4 Å². The fraction of sp³-hybridized carbons (Fsp3) is 0.562. The van der Waals surface area contributed by atoms with Gasteiger partial charge in [-0.05, 0) is 37.0 Å². The molecule has 0 unspecified atom stereocenters. The summed E-state index contributed by atoms with van der Waals surface area (Å²) in [6.07, 6.45) is 4.54. The average Bonchev–Trinajstić information content (AvgIpc) is 2.86. The number of nitrogens with one attached hydrogen (secondary N) is 1. The van der Waals surface area contributed by atoms with Crippen molar-refractivity contribution in [2.24, 2.45) is 5.92 Å². The zero-order chi connectivity index (χ0) is 14.4. The molecule has 110 valence electrons. The largest absolute Gasteiger partial charge is 0.508 e. The van der Waals surface area contributed by atoms with Gasteiger partial charge in [0.05, 0.1) is 6.61 Å². The summed E-state index contributed by atoms with van der Waals surface area (Å²) in [6.45, 7) is 0.725. The first-order chi connectivity index (χ1) is 9.69. The van der Waals surface area contributed by atoms with E-state index in [9.17, 15) is 9.90 Å². The minimum absolute atomic E-state index is 0.103. The smallest absolute Gasteiger partial charge is 0.220 e. The molecule has 2 N–H and O–H groups in total. The van der Waals surface area contributed by atoms with Gasteiger partial charge in [-0.25, -0.2) is 0 Å². The first-order valence-electron chi connectivity index (χ1n) is 7.25. The first-order valence-corrected chi connectivity index (χ1v) is 7.25. The van der Waals surface area contributed by atoms with E-state index in [4.69, 9.17) is 4.74 Å². The molecule has 1 aromatic carbocycles. The van der Waals surface area contributed by atoms with Crippen LogP contribution in [0.3, 0.4) is 0 Å². The molecule has 1 saturated carbocycles. The van der Waals surface area contributed by atoms with Crippen LogP contribution in [0.2, 0.25) is 0 Å². The highest BCUT2D eigenvalue weighted by Gasteiger charge is 2.28. The van der Waals surface area contributed by atoms with Crippen molar-refractivity contribution in [1.29, 1.82) is 0 Å². The molecule has 0 radical (unpaired) electrons. The predicted molar refractivity (Wildman–Crippen MR) is 77.6 cm³/mol. The number of aromatic hydroxyl groups is 1. The van der Waals surface area contributed by atoms with E-state index >= 15 is 0 Å². The molecule has 1 aliphatic rings. The van der Waals surface area contributed by atoms with Crippen LogP contribution in [-0.2, 0) is 16.0 Å². The Kier molecular flexibility index (Phi) is 5.41. The zero-order valence-corrected chi connectivity index (χ0v) is 12.0. The molecule has 0 bridgehead atoms. The normalized spacial score (nSPS) is 21.9. The second-order valence-electron chi connectivity index (χ2n) is 5.49. The van der Waals surface area contributed by atoms with Gasteiger partial charge in [0.1, 0.15) is 5.75 Å². The molecule has 1 aromatic rings. The van der Waals surface area contributed by atoms with Gasteiger partial charge in [0, 0.05) is 25.5 Å². The van der Waals surface area contributed by atoms with Gasteiger partial charge in [-0.1, -0.05) is 18.6 Å². The molecule has 1 amide bonds. The van der Waals surface area contributed by atoms with Crippen LogP contribution in [0.25, 0.3) is 0 Å². The quantitative estimate of drug-likeness (QED) is 0.838. The maximum atomic E-state index is 12.0. The van der Waals surface area contributed by atoms with Crippen molar-refractivity contribution in [3.63, 3.8) is 0 Å². The van der Waals surface area contributed by atoms with Crippen molar-refractivity contribution in [2.75, 3.05) is 13.7 Å². The fourth-order valence-electron chi connectivity index (χ4n) is 2.84. The summed E-state index contributed by atoms with van der Waals surface area (Å²) in [4.78, 5) is 12.0. The minimum atomic E-state index is 0.103. The van der Waals surface area contributed by atoms with E-state index in [0.29, 0.717) is 18.8 Å². The number of carbonyl (C=O) groups is 1. The van der Waals surface area contributed by atoms with Crippen molar-refractivity contribution < 1.29 is 14.6 Å². The standard InChI is InChI=1S/C16H23NO3/c1-20-11-13-3-2-4-15(13)17-16(19)10-7-12-5-8-14(18)9-6-12/h5-6,8-9,13,15,18H,2-4,7,10-11H2,1H3,(H,17,19)/t13-,15-/m0/s1. The lowest BCUT2D eigenvalue weighted by molar-refractivity contribution is -0.122. The van der Waals surface area contributed by atoms with Crippen LogP contribution in [0.5, 0.6) is 5.75 Å². The zero-order valence-electron chi connectivity index (χ0n) is 12.0. The van der Waals surface area contributed by atoms with Crippen molar-refractivity contribution in [3.05, 3.63) is 29.8 Å². The average molecular weight is 277 g/mol. The molecule has 20 heavy (non-hydrogen) atoms. The van der Waals surface area contributed by atoms with Gasteiger partial charge in [-0.15, -0.1) is 0 Å². The Hall–Kier alpha value is -1.55. The molecule has 0 saturated heterocycles. The van der Waals surface area contributed by atoms with Gasteiger partial charge in [0.25, 0.3) is 0 Å². The van der Waals surface area contributed by atoms with Crippen molar-refractivity contribution in [2.45, 2.75) is 38.1 Å². The Morgan fingerprint density at radius 2 is 2.10 bits per heavy atom. The number of benzene rings is 1. The van der Waals surface area contributed by atoms with Gasteiger partial charge in [-0.2, -0.15) is 0 Å². The highest BCUT2D eigenvalue weighted by molar-refractivity contribution is 5.76. The molecule has 2 rings (SSSR count). The summed E-state index contributed by atoms with van der Waals surface area (Å²) < 4.78 is 5.20. The summed E-state index contributed by atoms with van der Waals surface area (Å²) in [5, 5.41) is 12.3. The number of amides is 1. The van der Waals surface area contributed by atoms with Crippen LogP contribution < -0.4 is 5.32 Å². The molecule has 1 aliphatic carbocycles. The summed E-state index contributed by atoms with van der Waals surface area (Å²) in [7, 11) is 1.71. The van der Waals surface area contributed by atoms with E-state index in [1.165, 1.54) is 0 Å². The molecular formula is C16H23NO3. The van der Waals surface area contributed by atoms with Crippen LogP contribution >= 0.6 is 0 Å². The number of carbonyl (C=O) groups excluding carboxylic acids is 1. The summed E-state index contributed by atoms with van der Waals surface area (Å²) in [6, 6.07) is 7.28. The number of ether oxygens (including phenoxy) is 1. The van der Waals surface area contributed by atoms with Crippen LogP contribution in [0.4, 0.5) is 0 Å². The molecule has 0 aliphatic heterocycles. The molecular weight excluding hydrogens is 254 g/mol. The minimum Gasteiger partial charge on any atom is -0.508 e. The first kappa shape index (κ1) is 14.9. The van der Waals surface area contributed by atoms with E-state index in [1.54, 1.807) is 19.2 Å². The lowest BCUT2D eigenvalue weighted by Crippen LogP contribution is -2.38. The number of aryl methyl sites for hydroxylation is 1. The Bertz CT molecular complexity index is 430. The second-order valence-corrected chi connectivity index (χ2v) is 5.49. The third-order valence-electron chi connectivity index (χ3n) is 3.96. The van der Waals surface area contributed by atoms with Crippen LogP contribution in [0, 0.1) is 5.92 Å². The molecule has 0 heterocycles. The maximum absolute atomic E-state index is 12.0. The number of rotatable bonds is 6. The number of hydrogen-bond acceptors (Lipinski definition) is 3. The maximum Gasteiger partial charge on any atom is 0.220 e. The van der Waals surface area contributed by atoms with Gasteiger partial charge >= 0.3 is 0 Å². The Morgan fingerprint density at radius 1 is 1.35 bits per heavy atom. The van der Waals surface area contributed by atoms with E-state index in [1.807, 2.05) is 12.1 Å². The summed E-state index contributed by atoms with van der Waals surface area (Å²) >= 11 is 0. The highest BCUT2D eigenvalue weighted by Crippen LogP contribution is 2.25. The molecule has 2 atom stereocenters. The van der Waals surface area contributed by atoms with Crippen molar-refractivity contribution >= 4 is 5.91 Å². The molecule has 1 fully saturated rings. The number of phenols is 1. The molecule has 4 nitrogen and oxygen atoms in total. The summed E-state index contributed by atoms with van der Waals surface area (Å²) in [5.41, 5.74) is 1.07. The SMILES string of the molecule is COC[C@@H]1CCC[C@@H]1NC(=O)CCc1ccc(O)cc1. The Morgan fingerprint density at radius 3 is 2.80 bits per heavy atom. The van der Waals surface area contributed by atoms with E-state index < -0.39 is 0 Å². The van der Waals surface area contributed by atoms with Crippen molar-refractivity contribution in [1.82, 2.24) is 5.32 Å². The predicted octanol–water partition coefficient (Wildman–Crippen LogP) is 2.26. The Balaban J connectivity index is 1.76. The molecule has 4 heteroatoms. The molecule has 0 spiro atoms. The van der Waals surface area contributed by atoms with Crippen molar-refractivity contribution in [3.8, 4) is 5.75 Å². The molecule has 0 aromatic heterocycles. The highest BCUT2D eigenvalue weighted by atomic mass is 16.5.